The minimum atomic E-state index is -2.65. The topological polar surface area (TPSA) is 55.4 Å². The van der Waals surface area contributed by atoms with Gasteiger partial charge in [0.15, 0.2) is 0 Å². The first-order chi connectivity index (χ1) is 21.0. The van der Waals surface area contributed by atoms with Crippen LogP contribution < -0.4 is 0 Å². The molecule has 0 spiro atoms. The Morgan fingerprint density at radius 3 is 0.804 bits per heavy atom. The third-order valence-corrected chi connectivity index (χ3v) is 22.7. The Labute approximate surface area is 312 Å². The zero-order chi connectivity index (χ0) is 35.9. The lowest BCUT2D eigenvalue weighted by Gasteiger charge is -2.32. The third-order valence-electron chi connectivity index (χ3n) is 6.23. The van der Waals surface area contributed by atoms with Crippen molar-refractivity contribution in [3.05, 3.63) is 0 Å². The Morgan fingerprint density at radius 1 is 0.391 bits per heavy atom. The molecule has 6 unspecified atom stereocenters. The van der Waals surface area contributed by atoms with Crippen LogP contribution in [0.2, 0.25) is 0 Å². The predicted molar refractivity (Wildman–Crippen MR) is 222 cm³/mol. The van der Waals surface area contributed by atoms with E-state index in [0.29, 0.717) is 35.2 Å². The van der Waals surface area contributed by atoms with E-state index in [2.05, 4.69) is 83.1 Å². The lowest BCUT2D eigenvalue weighted by atomic mass is 10.1. The molecule has 0 fully saturated rings. The van der Waals surface area contributed by atoms with Gasteiger partial charge in [0, 0.05) is 11.5 Å². The molecule has 0 saturated heterocycles. The molecule has 0 amide bonds. The van der Waals surface area contributed by atoms with Crippen molar-refractivity contribution in [1.29, 1.82) is 0 Å². The highest BCUT2D eigenvalue weighted by Crippen LogP contribution is 2.67. The molecular formula is C31H67O6P3S6. The molecule has 0 rings (SSSR count). The maximum Gasteiger partial charge on any atom is 0.247 e. The number of hydrogen-bond acceptors (Lipinski definition) is 12. The molecule has 0 aliphatic heterocycles. The van der Waals surface area contributed by atoms with Crippen molar-refractivity contribution < 1.29 is 27.1 Å². The van der Waals surface area contributed by atoms with Crippen molar-refractivity contribution in [2.75, 3.05) is 17.8 Å². The first-order valence-corrected chi connectivity index (χ1v) is 29.7. The van der Waals surface area contributed by atoms with E-state index in [0.717, 1.165) is 25.7 Å². The van der Waals surface area contributed by atoms with Crippen molar-refractivity contribution >= 4 is 86.6 Å². The van der Waals surface area contributed by atoms with Gasteiger partial charge >= 0.3 is 0 Å². The van der Waals surface area contributed by atoms with E-state index in [4.69, 9.17) is 62.6 Å². The molecule has 0 heterocycles. The molecule has 0 radical (unpaired) electrons. The molecule has 0 aliphatic rings. The summed E-state index contributed by atoms with van der Waals surface area (Å²) in [7, 11) is 0. The predicted octanol–water partition coefficient (Wildman–Crippen LogP) is 13.1. The smallest absolute Gasteiger partial charge is 0.247 e. The minimum Gasteiger partial charge on any atom is -0.319 e. The first-order valence-electron chi connectivity index (χ1n) is 16.8. The molecule has 46 heavy (non-hydrogen) atoms. The quantitative estimate of drug-likeness (QED) is 0.0742. The van der Waals surface area contributed by atoms with E-state index in [1.165, 1.54) is 11.4 Å². The summed E-state index contributed by atoms with van der Waals surface area (Å²) in [5.41, 5.74) is -7.86. The van der Waals surface area contributed by atoms with Gasteiger partial charge in [0.05, 0.1) is 36.6 Å². The highest BCUT2D eigenvalue weighted by molar-refractivity contribution is 8.68. The Morgan fingerprint density at radius 2 is 0.609 bits per heavy atom. The molecule has 0 saturated carbocycles. The minimum absolute atomic E-state index is 0.0215. The summed E-state index contributed by atoms with van der Waals surface area (Å²) < 4.78 is 38.7. The Balaban J connectivity index is 5.48. The zero-order valence-corrected chi connectivity index (χ0v) is 38.8. The van der Waals surface area contributed by atoms with Crippen LogP contribution in [0, 0.1) is 23.7 Å². The highest BCUT2D eigenvalue weighted by Gasteiger charge is 2.32. The van der Waals surface area contributed by atoms with Crippen LogP contribution in [0.5, 0.6) is 0 Å². The van der Waals surface area contributed by atoms with Gasteiger partial charge in [0.1, 0.15) is 0 Å². The second kappa shape index (κ2) is 24.1. The molecule has 0 N–H and O–H groups in total. The SMILES string of the molecule is CSP(=S)(OC(C)CSP(=S)(OC(C)CC(C)C)OC(C)CC(C)C)OC(C)CSP(=S)(OC(C)CC(C)C)OC(C)CC(C)C. The van der Waals surface area contributed by atoms with Crippen LogP contribution in [0.4, 0.5) is 0 Å². The Kier molecular flexibility index (Phi) is 25.6. The van der Waals surface area contributed by atoms with Gasteiger partial charge in [0.2, 0.25) is 17.1 Å². The van der Waals surface area contributed by atoms with E-state index in [1.54, 1.807) is 22.8 Å². The fraction of sp³-hybridized carbons (Fsp3) is 1.00. The lowest BCUT2D eigenvalue weighted by Crippen LogP contribution is -2.17. The molecule has 0 bridgehead atoms. The maximum atomic E-state index is 6.46. The summed E-state index contributed by atoms with van der Waals surface area (Å²) in [4.78, 5) is 0. The van der Waals surface area contributed by atoms with Crippen LogP contribution in [-0.2, 0) is 62.6 Å². The van der Waals surface area contributed by atoms with Crippen molar-refractivity contribution in [2.24, 2.45) is 23.7 Å². The fourth-order valence-corrected chi connectivity index (χ4v) is 19.7. The van der Waals surface area contributed by atoms with Crippen LogP contribution in [0.1, 0.15) is 123 Å². The normalized spacial score (nSPS) is 20.7. The van der Waals surface area contributed by atoms with Gasteiger partial charge in [-0.05, 0) is 133 Å². The van der Waals surface area contributed by atoms with Crippen LogP contribution in [-0.4, -0.2) is 54.4 Å². The van der Waals surface area contributed by atoms with Crippen LogP contribution >= 0.6 is 51.2 Å². The van der Waals surface area contributed by atoms with Crippen molar-refractivity contribution in [2.45, 2.75) is 159 Å². The Hall–Kier alpha value is 2.76. The fourth-order valence-electron chi connectivity index (χ4n) is 4.89. The number of rotatable bonds is 27. The van der Waals surface area contributed by atoms with E-state index >= 15 is 0 Å². The Bertz CT molecular complexity index is 859. The maximum absolute atomic E-state index is 6.46. The molecule has 6 atom stereocenters. The molecule has 0 aromatic heterocycles. The lowest BCUT2D eigenvalue weighted by molar-refractivity contribution is 0.143. The van der Waals surface area contributed by atoms with Gasteiger partial charge in [-0.25, -0.2) is 0 Å². The first kappa shape index (κ1) is 48.8. The van der Waals surface area contributed by atoms with E-state index in [-0.39, 0.29) is 36.6 Å². The summed E-state index contributed by atoms with van der Waals surface area (Å²) in [5.74, 6) is 3.27. The van der Waals surface area contributed by atoms with E-state index in [9.17, 15) is 0 Å². The van der Waals surface area contributed by atoms with Crippen molar-refractivity contribution in [3.63, 3.8) is 0 Å². The largest absolute Gasteiger partial charge is 0.319 e. The molecule has 6 nitrogen and oxygen atoms in total. The van der Waals surface area contributed by atoms with Gasteiger partial charge < -0.3 is 27.1 Å². The molecular weight excluding hydrogens is 754 g/mol. The van der Waals surface area contributed by atoms with Crippen molar-refractivity contribution in [3.8, 4) is 0 Å². The van der Waals surface area contributed by atoms with Crippen LogP contribution in [0.15, 0.2) is 0 Å². The van der Waals surface area contributed by atoms with Gasteiger partial charge in [-0.2, -0.15) is 0 Å². The molecule has 0 aliphatic carbocycles. The summed E-state index contributed by atoms with van der Waals surface area (Å²) in [6.07, 6.45) is 5.39. The standard InChI is InChI=1S/C31H67O6P3S6/c1-22(2)16-26(9)32-39(42,33-27(10)17-23(3)4)45-20-30(13)36-38(41,44-15)37-31(14)21-46-40(43,34-28(11)18-24(5)6)35-29(12)19-25(7)8/h22-31H,16-21H2,1-15H3. The molecule has 0 aromatic rings. The summed E-state index contributed by atoms with van der Waals surface area (Å²) in [6.45, 7) is 30.0. The monoisotopic (exact) mass is 820 g/mol. The average Bonchev–Trinajstić information content (AvgIpc) is 2.83. The highest BCUT2D eigenvalue weighted by atomic mass is 32.9. The van der Waals surface area contributed by atoms with Crippen molar-refractivity contribution in [1.82, 2.24) is 0 Å². The second-order valence-corrected chi connectivity index (χ2v) is 33.0. The van der Waals surface area contributed by atoms with Crippen LogP contribution in [0.3, 0.4) is 0 Å². The van der Waals surface area contributed by atoms with Gasteiger partial charge in [-0.3, -0.25) is 0 Å². The molecule has 15 heteroatoms. The van der Waals surface area contributed by atoms with Gasteiger partial charge in [0.25, 0.3) is 0 Å². The van der Waals surface area contributed by atoms with E-state index < -0.39 is 17.1 Å². The van der Waals surface area contributed by atoms with Gasteiger partial charge in [-0.1, -0.05) is 89.5 Å². The molecule has 0 aromatic carbocycles. The number of hydrogen-bond donors (Lipinski definition) is 0. The summed E-state index contributed by atoms with van der Waals surface area (Å²) in [6, 6.07) is 0. The summed E-state index contributed by atoms with van der Waals surface area (Å²) in [5, 5.41) is 0. The second-order valence-electron chi connectivity index (χ2n) is 14.1. The third kappa shape index (κ3) is 24.1. The van der Waals surface area contributed by atoms with Crippen LogP contribution in [0.25, 0.3) is 0 Å². The van der Waals surface area contributed by atoms with Gasteiger partial charge in [-0.15, -0.1) is 0 Å². The average molecular weight is 821 g/mol. The molecule has 278 valence electrons. The van der Waals surface area contributed by atoms with E-state index in [1.807, 2.05) is 20.1 Å². The zero-order valence-electron chi connectivity index (χ0n) is 31.3. The summed E-state index contributed by atoms with van der Waals surface area (Å²) >= 11 is 22.7.